The molecule has 8 nitrogen and oxygen atoms in total. The summed E-state index contributed by atoms with van der Waals surface area (Å²) < 4.78 is 5.42. The number of hydrogen-bond donors (Lipinski definition) is 1. The van der Waals surface area contributed by atoms with Gasteiger partial charge in [-0.25, -0.2) is 9.59 Å². The molecule has 2 aliphatic rings. The third-order valence-corrected chi connectivity index (χ3v) is 6.81. The Hall–Kier alpha value is -3.65. The molecule has 0 aromatic heterocycles. The highest BCUT2D eigenvalue weighted by Gasteiger charge is 2.37. The number of carbonyl (C=O) groups is 3. The summed E-state index contributed by atoms with van der Waals surface area (Å²) in [6, 6.07) is 14.5. The van der Waals surface area contributed by atoms with Crippen LogP contribution in [0.1, 0.15) is 40.0 Å². The Morgan fingerprint density at radius 1 is 0.944 bits per heavy atom. The van der Waals surface area contributed by atoms with Gasteiger partial charge in [-0.1, -0.05) is 47.5 Å². The van der Waals surface area contributed by atoms with Crippen LogP contribution in [0.2, 0.25) is 0 Å². The van der Waals surface area contributed by atoms with Crippen molar-refractivity contribution < 1.29 is 19.1 Å². The molecule has 1 fully saturated rings. The number of likely N-dealkylation sites (N-methyl/N-ethyl adjacent to an activating group) is 1. The standard InChI is InChI=1S/C28H34N4O4/c1-5-36-27(34)24-23(30(4)28(35)29-25(24)21-10-6-19(2)7-11-21)18-31-14-16-32(17-15-31)26(33)22-12-8-20(3)9-13-22/h6-13,25H,5,14-18H2,1-4H3,(H,29,35)/t25-/m1/s1. The maximum Gasteiger partial charge on any atom is 0.338 e. The Morgan fingerprint density at radius 3 is 2.11 bits per heavy atom. The summed E-state index contributed by atoms with van der Waals surface area (Å²) in [6.45, 7) is 8.85. The van der Waals surface area contributed by atoms with Gasteiger partial charge in [-0.15, -0.1) is 0 Å². The highest BCUT2D eigenvalue weighted by molar-refractivity contribution is 5.95. The van der Waals surface area contributed by atoms with E-state index in [2.05, 4.69) is 10.2 Å². The van der Waals surface area contributed by atoms with Gasteiger partial charge < -0.3 is 15.0 Å². The van der Waals surface area contributed by atoms with Gasteiger partial charge in [0, 0.05) is 51.0 Å². The molecule has 0 unspecified atom stereocenters. The lowest BCUT2D eigenvalue weighted by Gasteiger charge is -2.39. The molecule has 2 aromatic carbocycles. The molecule has 0 spiro atoms. The summed E-state index contributed by atoms with van der Waals surface area (Å²) in [5, 5.41) is 2.96. The van der Waals surface area contributed by atoms with Crippen LogP contribution >= 0.6 is 0 Å². The van der Waals surface area contributed by atoms with Crippen molar-refractivity contribution >= 4 is 17.9 Å². The minimum absolute atomic E-state index is 0.0228. The highest BCUT2D eigenvalue weighted by Crippen LogP contribution is 2.31. The molecule has 0 radical (unpaired) electrons. The van der Waals surface area contributed by atoms with Crippen LogP contribution in [0.15, 0.2) is 59.8 Å². The van der Waals surface area contributed by atoms with E-state index in [-0.39, 0.29) is 18.5 Å². The molecule has 0 saturated carbocycles. The van der Waals surface area contributed by atoms with Gasteiger partial charge in [0.25, 0.3) is 5.91 Å². The van der Waals surface area contributed by atoms with Crippen molar-refractivity contribution in [1.29, 1.82) is 0 Å². The average Bonchev–Trinajstić information content (AvgIpc) is 2.87. The van der Waals surface area contributed by atoms with Crippen molar-refractivity contribution in [2.75, 3.05) is 46.4 Å². The molecular weight excluding hydrogens is 456 g/mol. The molecule has 190 valence electrons. The Kier molecular flexibility index (Phi) is 7.74. The first-order valence-electron chi connectivity index (χ1n) is 12.4. The zero-order valence-electron chi connectivity index (χ0n) is 21.4. The summed E-state index contributed by atoms with van der Waals surface area (Å²) >= 11 is 0. The van der Waals surface area contributed by atoms with Crippen LogP contribution < -0.4 is 5.32 Å². The Labute approximate surface area is 212 Å². The third-order valence-electron chi connectivity index (χ3n) is 6.81. The Morgan fingerprint density at radius 2 is 1.53 bits per heavy atom. The van der Waals surface area contributed by atoms with Gasteiger partial charge in [0.2, 0.25) is 0 Å². The van der Waals surface area contributed by atoms with Gasteiger partial charge in [0.15, 0.2) is 0 Å². The van der Waals surface area contributed by atoms with Crippen molar-refractivity contribution in [3.8, 4) is 0 Å². The lowest BCUT2D eigenvalue weighted by Crippen LogP contribution is -2.53. The van der Waals surface area contributed by atoms with Gasteiger partial charge in [-0.05, 0) is 38.5 Å². The lowest BCUT2D eigenvalue weighted by molar-refractivity contribution is -0.139. The van der Waals surface area contributed by atoms with Crippen LogP contribution in [-0.2, 0) is 9.53 Å². The van der Waals surface area contributed by atoms with E-state index >= 15 is 0 Å². The van der Waals surface area contributed by atoms with E-state index in [0.717, 1.165) is 16.7 Å². The number of benzene rings is 2. The number of esters is 1. The third kappa shape index (κ3) is 5.44. The van der Waals surface area contributed by atoms with Crippen LogP contribution in [0.4, 0.5) is 4.79 Å². The first kappa shape index (κ1) is 25.4. The van der Waals surface area contributed by atoms with E-state index in [1.54, 1.807) is 14.0 Å². The van der Waals surface area contributed by atoms with Gasteiger partial charge >= 0.3 is 12.0 Å². The lowest BCUT2D eigenvalue weighted by atomic mass is 9.93. The summed E-state index contributed by atoms with van der Waals surface area (Å²) in [4.78, 5) is 44.5. The van der Waals surface area contributed by atoms with E-state index in [0.29, 0.717) is 49.6 Å². The van der Waals surface area contributed by atoms with Crippen LogP contribution in [-0.4, -0.2) is 79.0 Å². The van der Waals surface area contributed by atoms with Crippen LogP contribution in [0.5, 0.6) is 0 Å². The molecule has 2 aliphatic heterocycles. The summed E-state index contributed by atoms with van der Waals surface area (Å²) in [7, 11) is 1.67. The summed E-state index contributed by atoms with van der Waals surface area (Å²) in [5.41, 5.74) is 4.80. The number of nitrogens with one attached hydrogen (secondary N) is 1. The normalized spacial score (nSPS) is 18.8. The topological polar surface area (TPSA) is 82.2 Å². The number of rotatable bonds is 6. The maximum absolute atomic E-state index is 13.1. The van der Waals surface area contributed by atoms with Crippen LogP contribution in [0, 0.1) is 13.8 Å². The molecule has 2 heterocycles. The largest absolute Gasteiger partial charge is 0.463 e. The number of urea groups is 1. The summed E-state index contributed by atoms with van der Waals surface area (Å²) in [5.74, 6) is -0.409. The quantitative estimate of drug-likeness (QED) is 0.629. The number of carbonyl (C=O) groups excluding carboxylic acids is 3. The van der Waals surface area contributed by atoms with Crippen LogP contribution in [0.3, 0.4) is 0 Å². The zero-order chi connectivity index (χ0) is 25.8. The predicted octanol–water partition coefficient (Wildman–Crippen LogP) is 3.27. The Bertz CT molecular complexity index is 1150. The van der Waals surface area contributed by atoms with Crippen molar-refractivity contribution in [2.24, 2.45) is 0 Å². The molecule has 1 atom stereocenters. The number of piperazine rings is 1. The molecule has 36 heavy (non-hydrogen) atoms. The van der Waals surface area contributed by atoms with Crippen molar-refractivity contribution in [3.05, 3.63) is 82.1 Å². The number of nitrogens with zero attached hydrogens (tertiary/aromatic N) is 3. The van der Waals surface area contributed by atoms with Crippen LogP contribution in [0.25, 0.3) is 0 Å². The molecule has 1 saturated heterocycles. The first-order valence-corrected chi connectivity index (χ1v) is 12.4. The fourth-order valence-corrected chi connectivity index (χ4v) is 4.61. The minimum atomic E-state index is -0.590. The monoisotopic (exact) mass is 490 g/mol. The van der Waals surface area contributed by atoms with Crippen molar-refractivity contribution in [1.82, 2.24) is 20.0 Å². The molecule has 4 rings (SSSR count). The van der Waals surface area contributed by atoms with Gasteiger partial charge in [0.05, 0.1) is 18.2 Å². The second-order valence-corrected chi connectivity index (χ2v) is 9.37. The average molecular weight is 491 g/mol. The van der Waals surface area contributed by atoms with Gasteiger partial charge in [-0.2, -0.15) is 0 Å². The minimum Gasteiger partial charge on any atom is -0.463 e. The van der Waals surface area contributed by atoms with Crippen molar-refractivity contribution in [3.63, 3.8) is 0 Å². The Balaban J connectivity index is 1.55. The smallest absolute Gasteiger partial charge is 0.338 e. The number of amides is 3. The second-order valence-electron chi connectivity index (χ2n) is 9.37. The molecule has 1 N–H and O–H groups in total. The molecule has 8 heteroatoms. The van der Waals surface area contributed by atoms with Gasteiger partial charge in [-0.3, -0.25) is 14.6 Å². The summed E-state index contributed by atoms with van der Waals surface area (Å²) in [6.07, 6.45) is 0. The first-order chi connectivity index (χ1) is 17.3. The SMILES string of the molecule is CCOC(=O)C1=C(CN2CCN(C(=O)c3ccc(C)cc3)CC2)N(C)C(=O)N[C@@H]1c1ccc(C)cc1. The maximum atomic E-state index is 13.1. The number of aryl methyl sites for hydroxylation is 2. The van der Waals surface area contributed by atoms with Crippen molar-refractivity contribution in [2.45, 2.75) is 26.8 Å². The molecule has 3 amide bonds. The van der Waals surface area contributed by atoms with E-state index < -0.39 is 12.0 Å². The van der Waals surface area contributed by atoms with Gasteiger partial charge in [0.1, 0.15) is 0 Å². The molecule has 0 bridgehead atoms. The predicted molar refractivity (Wildman–Crippen MR) is 137 cm³/mol. The van der Waals surface area contributed by atoms with E-state index in [1.165, 1.54) is 4.90 Å². The molecular formula is C28H34N4O4. The second kappa shape index (κ2) is 11.0. The highest BCUT2D eigenvalue weighted by atomic mass is 16.5. The van der Waals surface area contributed by atoms with E-state index in [1.807, 2.05) is 67.3 Å². The van der Waals surface area contributed by atoms with E-state index in [9.17, 15) is 14.4 Å². The fraction of sp³-hybridized carbons (Fsp3) is 0.393. The fourth-order valence-electron chi connectivity index (χ4n) is 4.61. The van der Waals surface area contributed by atoms with E-state index in [4.69, 9.17) is 4.74 Å². The zero-order valence-corrected chi connectivity index (χ0v) is 21.4. The number of ether oxygens (including phenoxy) is 1. The molecule has 0 aliphatic carbocycles. The number of hydrogen-bond acceptors (Lipinski definition) is 5. The molecule has 2 aromatic rings.